The van der Waals surface area contributed by atoms with E-state index in [1.165, 1.54) is 5.56 Å². The van der Waals surface area contributed by atoms with Gasteiger partial charge in [0.05, 0.1) is 6.10 Å². The second-order valence-corrected chi connectivity index (χ2v) is 6.32. The van der Waals surface area contributed by atoms with E-state index < -0.39 is 0 Å². The minimum atomic E-state index is -0.0650. The molecule has 0 aliphatic heterocycles. The van der Waals surface area contributed by atoms with Gasteiger partial charge >= 0.3 is 0 Å². The van der Waals surface area contributed by atoms with Crippen molar-refractivity contribution < 1.29 is 5.11 Å². The quantitative estimate of drug-likeness (QED) is 0.894. The second-order valence-electron chi connectivity index (χ2n) is 5.40. The second kappa shape index (κ2) is 6.69. The fourth-order valence-electron chi connectivity index (χ4n) is 2.68. The molecule has 0 amide bonds. The summed E-state index contributed by atoms with van der Waals surface area (Å²) >= 11 is 3.46. The maximum Gasteiger partial charge on any atom is 0.0541 e. The monoisotopic (exact) mass is 311 g/mol. The zero-order chi connectivity index (χ0) is 13.0. The zero-order valence-corrected chi connectivity index (χ0v) is 12.5. The summed E-state index contributed by atoms with van der Waals surface area (Å²) in [4.78, 5) is 0. The van der Waals surface area contributed by atoms with Crippen molar-refractivity contribution >= 4 is 15.9 Å². The van der Waals surface area contributed by atoms with Crippen LogP contribution in [-0.4, -0.2) is 23.3 Å². The van der Waals surface area contributed by atoms with Crippen molar-refractivity contribution in [3.8, 4) is 0 Å². The van der Waals surface area contributed by atoms with Crippen LogP contribution in [0.2, 0.25) is 0 Å². The maximum atomic E-state index is 9.49. The molecule has 0 saturated heterocycles. The van der Waals surface area contributed by atoms with Crippen LogP contribution in [0.15, 0.2) is 28.7 Å². The van der Waals surface area contributed by atoms with E-state index in [9.17, 15) is 5.11 Å². The summed E-state index contributed by atoms with van der Waals surface area (Å²) in [6, 6.07) is 9.61. The molecule has 2 rings (SSSR count). The average Bonchev–Trinajstić information content (AvgIpc) is 2.35. The van der Waals surface area contributed by atoms with E-state index in [1.807, 2.05) is 0 Å². The van der Waals surface area contributed by atoms with Gasteiger partial charge in [-0.25, -0.2) is 0 Å². The molecule has 0 spiro atoms. The molecule has 1 saturated carbocycles. The lowest BCUT2D eigenvalue weighted by atomic mass is 9.92. The standard InChI is InChI=1S/C15H22BrNO/c1-11(10-12-2-4-13(16)5-3-12)17-14-6-8-15(18)9-7-14/h2-5,11,14-15,17-18H,6-10H2,1H3. The first-order valence-corrected chi connectivity index (χ1v) is 7.61. The van der Waals surface area contributed by atoms with E-state index in [0.717, 1.165) is 36.6 Å². The average molecular weight is 312 g/mol. The number of hydrogen-bond acceptors (Lipinski definition) is 2. The van der Waals surface area contributed by atoms with Crippen molar-refractivity contribution in [2.75, 3.05) is 0 Å². The molecule has 1 atom stereocenters. The summed E-state index contributed by atoms with van der Waals surface area (Å²) in [5, 5.41) is 13.2. The summed E-state index contributed by atoms with van der Waals surface area (Å²) < 4.78 is 1.13. The Bertz CT molecular complexity index is 357. The smallest absolute Gasteiger partial charge is 0.0541 e. The SMILES string of the molecule is CC(Cc1ccc(Br)cc1)NC1CCC(O)CC1. The third-order valence-corrected chi connectivity index (χ3v) is 4.20. The van der Waals surface area contributed by atoms with Crippen LogP contribution in [0.25, 0.3) is 0 Å². The molecule has 1 fully saturated rings. The number of nitrogens with one attached hydrogen (secondary N) is 1. The molecule has 3 heteroatoms. The van der Waals surface area contributed by atoms with Gasteiger partial charge in [-0.3, -0.25) is 0 Å². The van der Waals surface area contributed by atoms with E-state index in [4.69, 9.17) is 0 Å². The number of aliphatic hydroxyl groups excluding tert-OH is 1. The van der Waals surface area contributed by atoms with Crippen molar-refractivity contribution in [2.24, 2.45) is 0 Å². The molecule has 1 aromatic carbocycles. The van der Waals surface area contributed by atoms with Gasteiger partial charge in [0.25, 0.3) is 0 Å². The van der Waals surface area contributed by atoms with E-state index in [-0.39, 0.29) is 6.10 Å². The zero-order valence-electron chi connectivity index (χ0n) is 10.9. The summed E-state index contributed by atoms with van der Waals surface area (Å²) in [5.74, 6) is 0. The van der Waals surface area contributed by atoms with E-state index >= 15 is 0 Å². The number of rotatable bonds is 4. The summed E-state index contributed by atoms with van der Waals surface area (Å²) in [6.45, 7) is 2.24. The summed E-state index contributed by atoms with van der Waals surface area (Å²) in [5.41, 5.74) is 1.37. The highest BCUT2D eigenvalue weighted by molar-refractivity contribution is 9.10. The van der Waals surface area contributed by atoms with Gasteiger partial charge in [0, 0.05) is 16.6 Å². The molecule has 0 bridgehead atoms. The third-order valence-electron chi connectivity index (χ3n) is 3.67. The molecule has 0 aromatic heterocycles. The fourth-order valence-corrected chi connectivity index (χ4v) is 2.94. The molecular formula is C15H22BrNO. The van der Waals surface area contributed by atoms with Crippen LogP contribution in [0, 0.1) is 0 Å². The number of benzene rings is 1. The lowest BCUT2D eigenvalue weighted by Gasteiger charge is -2.29. The van der Waals surface area contributed by atoms with Gasteiger partial charge < -0.3 is 10.4 Å². The first-order valence-electron chi connectivity index (χ1n) is 6.82. The van der Waals surface area contributed by atoms with E-state index in [2.05, 4.69) is 52.4 Å². The van der Waals surface area contributed by atoms with Crippen LogP contribution >= 0.6 is 15.9 Å². The lowest BCUT2D eigenvalue weighted by Crippen LogP contribution is -2.40. The van der Waals surface area contributed by atoms with Crippen molar-refractivity contribution in [1.29, 1.82) is 0 Å². The Balaban J connectivity index is 1.78. The van der Waals surface area contributed by atoms with Gasteiger partial charge in [0.2, 0.25) is 0 Å². The highest BCUT2D eigenvalue weighted by Crippen LogP contribution is 2.19. The molecule has 2 N–H and O–H groups in total. The minimum Gasteiger partial charge on any atom is -0.393 e. The Morgan fingerprint density at radius 2 is 1.83 bits per heavy atom. The van der Waals surface area contributed by atoms with Gasteiger partial charge in [-0.2, -0.15) is 0 Å². The number of hydrogen-bond donors (Lipinski definition) is 2. The predicted molar refractivity (Wildman–Crippen MR) is 78.7 cm³/mol. The molecule has 100 valence electrons. The molecule has 1 aromatic rings. The van der Waals surface area contributed by atoms with Gasteiger partial charge in [-0.05, 0) is 56.7 Å². The largest absolute Gasteiger partial charge is 0.393 e. The molecule has 1 aliphatic rings. The van der Waals surface area contributed by atoms with Gasteiger partial charge in [0.1, 0.15) is 0 Å². The molecule has 0 radical (unpaired) electrons. The van der Waals surface area contributed by atoms with Crippen LogP contribution < -0.4 is 5.32 Å². The van der Waals surface area contributed by atoms with Crippen LogP contribution in [-0.2, 0) is 6.42 Å². The highest BCUT2D eigenvalue weighted by atomic mass is 79.9. The predicted octanol–water partition coefficient (Wildman–Crippen LogP) is 3.27. The van der Waals surface area contributed by atoms with Crippen molar-refractivity contribution in [1.82, 2.24) is 5.32 Å². The fraction of sp³-hybridized carbons (Fsp3) is 0.600. The minimum absolute atomic E-state index is 0.0650. The molecule has 1 aliphatic carbocycles. The molecule has 0 heterocycles. The van der Waals surface area contributed by atoms with Gasteiger partial charge in [0.15, 0.2) is 0 Å². The maximum absolute atomic E-state index is 9.49. The van der Waals surface area contributed by atoms with Crippen molar-refractivity contribution in [3.05, 3.63) is 34.3 Å². The lowest BCUT2D eigenvalue weighted by molar-refractivity contribution is 0.114. The first kappa shape index (κ1) is 14.0. The van der Waals surface area contributed by atoms with Crippen LogP contribution in [0.3, 0.4) is 0 Å². The first-order chi connectivity index (χ1) is 8.63. The van der Waals surface area contributed by atoms with Gasteiger partial charge in [-0.15, -0.1) is 0 Å². The van der Waals surface area contributed by atoms with Crippen molar-refractivity contribution in [2.45, 2.75) is 57.2 Å². The van der Waals surface area contributed by atoms with Gasteiger partial charge in [-0.1, -0.05) is 28.1 Å². The van der Waals surface area contributed by atoms with E-state index in [0.29, 0.717) is 12.1 Å². The third kappa shape index (κ3) is 4.38. The van der Waals surface area contributed by atoms with Crippen molar-refractivity contribution in [3.63, 3.8) is 0 Å². The van der Waals surface area contributed by atoms with Crippen LogP contribution in [0.4, 0.5) is 0 Å². The van der Waals surface area contributed by atoms with Crippen LogP contribution in [0.5, 0.6) is 0 Å². The normalized spacial score (nSPS) is 25.9. The molecular weight excluding hydrogens is 290 g/mol. The number of halogens is 1. The summed E-state index contributed by atoms with van der Waals surface area (Å²) in [7, 11) is 0. The molecule has 1 unspecified atom stereocenters. The topological polar surface area (TPSA) is 32.3 Å². The Morgan fingerprint density at radius 3 is 2.44 bits per heavy atom. The van der Waals surface area contributed by atoms with Crippen LogP contribution in [0.1, 0.15) is 38.2 Å². The number of aliphatic hydroxyl groups is 1. The Kier molecular flexibility index (Phi) is 5.22. The van der Waals surface area contributed by atoms with E-state index in [1.54, 1.807) is 0 Å². The molecule has 2 nitrogen and oxygen atoms in total. The summed E-state index contributed by atoms with van der Waals surface area (Å²) in [6.07, 6.45) is 5.10. The molecule has 18 heavy (non-hydrogen) atoms. The Labute approximate surface area is 118 Å². The highest BCUT2D eigenvalue weighted by Gasteiger charge is 2.20. The Hall–Kier alpha value is -0.380. The Morgan fingerprint density at radius 1 is 1.22 bits per heavy atom.